The summed E-state index contributed by atoms with van der Waals surface area (Å²) in [6.45, 7) is 2.18. The number of hydrogen-bond donors (Lipinski definition) is 2. The lowest BCUT2D eigenvalue weighted by Gasteiger charge is -2.27. The van der Waals surface area contributed by atoms with Crippen LogP contribution >= 0.6 is 12.4 Å². The van der Waals surface area contributed by atoms with E-state index in [-0.39, 0.29) is 30.3 Å². The zero-order chi connectivity index (χ0) is 21.1. The van der Waals surface area contributed by atoms with Crippen molar-refractivity contribution in [2.75, 3.05) is 11.9 Å². The largest absolute Gasteiger partial charge is 0.343 e. The molecule has 0 aliphatic carbocycles. The van der Waals surface area contributed by atoms with Crippen molar-refractivity contribution in [3.05, 3.63) is 72.1 Å². The van der Waals surface area contributed by atoms with Crippen molar-refractivity contribution in [2.24, 2.45) is 0 Å². The minimum Gasteiger partial charge on any atom is -0.343 e. The van der Waals surface area contributed by atoms with Crippen LogP contribution in [0.2, 0.25) is 0 Å². The lowest BCUT2D eigenvalue weighted by atomic mass is 10.1. The van der Waals surface area contributed by atoms with E-state index in [2.05, 4.69) is 27.8 Å². The topological polar surface area (TPSA) is 74.3 Å². The van der Waals surface area contributed by atoms with Crippen molar-refractivity contribution in [3.63, 3.8) is 0 Å². The van der Waals surface area contributed by atoms with E-state index in [0.29, 0.717) is 13.0 Å². The molecule has 0 saturated carbocycles. The Bertz CT molecular complexity index is 1080. The van der Waals surface area contributed by atoms with Crippen LogP contribution in [0.15, 0.2) is 60.9 Å². The quantitative estimate of drug-likeness (QED) is 0.641. The number of fused-ring (bicyclic) bond motifs is 2. The Labute approximate surface area is 188 Å². The Morgan fingerprint density at radius 1 is 1.16 bits per heavy atom. The second-order valence-corrected chi connectivity index (χ2v) is 7.68. The van der Waals surface area contributed by atoms with Gasteiger partial charge in [0.15, 0.2) is 0 Å². The van der Waals surface area contributed by atoms with E-state index < -0.39 is 6.04 Å². The highest BCUT2D eigenvalue weighted by Crippen LogP contribution is 2.30. The van der Waals surface area contributed by atoms with Crippen LogP contribution in [-0.4, -0.2) is 35.9 Å². The van der Waals surface area contributed by atoms with Crippen LogP contribution in [0.4, 0.5) is 5.69 Å². The van der Waals surface area contributed by atoms with Gasteiger partial charge in [0, 0.05) is 23.5 Å². The summed E-state index contributed by atoms with van der Waals surface area (Å²) in [5.41, 5.74) is 2.98. The summed E-state index contributed by atoms with van der Waals surface area (Å²) in [4.78, 5) is 32.2. The number of aromatic nitrogens is 1. The molecule has 0 radical (unpaired) electrons. The van der Waals surface area contributed by atoms with Crippen LogP contribution in [-0.2, 0) is 22.6 Å². The zero-order valence-corrected chi connectivity index (χ0v) is 18.5. The highest BCUT2D eigenvalue weighted by molar-refractivity contribution is 6.01. The summed E-state index contributed by atoms with van der Waals surface area (Å²) in [7, 11) is 1.73. The predicted molar refractivity (Wildman–Crippen MR) is 125 cm³/mol. The van der Waals surface area contributed by atoms with Crippen LogP contribution in [0.1, 0.15) is 24.5 Å². The van der Waals surface area contributed by atoms with Gasteiger partial charge in [-0.15, -0.1) is 12.4 Å². The second-order valence-electron chi connectivity index (χ2n) is 7.68. The number of aryl methyl sites for hydroxylation is 1. The van der Waals surface area contributed by atoms with Crippen molar-refractivity contribution in [1.82, 2.24) is 15.6 Å². The first kappa shape index (κ1) is 22.7. The number of amides is 2. The molecule has 2 heterocycles. The van der Waals surface area contributed by atoms with Crippen LogP contribution < -0.4 is 15.5 Å². The van der Waals surface area contributed by atoms with Gasteiger partial charge in [0.25, 0.3) is 0 Å². The van der Waals surface area contributed by atoms with Crippen molar-refractivity contribution in [3.8, 4) is 0 Å². The summed E-state index contributed by atoms with van der Waals surface area (Å²) in [6.07, 6.45) is 4.95. The second kappa shape index (κ2) is 9.90. The molecule has 4 rings (SSSR count). The number of hydrogen-bond acceptors (Lipinski definition) is 4. The average molecular weight is 439 g/mol. The molecule has 1 aliphatic heterocycles. The number of likely N-dealkylation sites (N-methyl/N-ethyl adjacent to an activating group) is 1. The molecule has 1 aliphatic rings. The number of para-hydroxylation sites is 1. The van der Waals surface area contributed by atoms with Crippen LogP contribution in [0, 0.1) is 0 Å². The van der Waals surface area contributed by atoms with Gasteiger partial charge in [0.05, 0.1) is 12.6 Å². The number of halogens is 1. The minimum atomic E-state index is -0.566. The number of pyridine rings is 1. The van der Waals surface area contributed by atoms with Crippen LogP contribution in [0.3, 0.4) is 0 Å². The third-order valence-corrected chi connectivity index (χ3v) is 5.77. The van der Waals surface area contributed by atoms with Gasteiger partial charge < -0.3 is 15.5 Å². The molecule has 1 aromatic heterocycles. The number of carbonyl (C=O) groups is 2. The van der Waals surface area contributed by atoms with Crippen molar-refractivity contribution >= 4 is 40.7 Å². The fourth-order valence-electron chi connectivity index (χ4n) is 3.92. The van der Waals surface area contributed by atoms with Crippen molar-refractivity contribution in [2.45, 2.75) is 38.4 Å². The van der Waals surface area contributed by atoms with Gasteiger partial charge in [-0.2, -0.15) is 0 Å². The average Bonchev–Trinajstić information content (AvgIpc) is 2.91. The van der Waals surface area contributed by atoms with E-state index in [1.807, 2.05) is 48.8 Å². The Kier molecular flexibility index (Phi) is 7.25. The van der Waals surface area contributed by atoms with Crippen LogP contribution in [0.25, 0.3) is 10.8 Å². The third kappa shape index (κ3) is 4.70. The highest BCUT2D eigenvalue weighted by Gasteiger charge is 2.32. The fourth-order valence-corrected chi connectivity index (χ4v) is 3.92. The lowest BCUT2D eigenvalue weighted by Crippen LogP contribution is -2.52. The van der Waals surface area contributed by atoms with E-state index in [9.17, 15) is 9.59 Å². The SMILES string of the molecule is CNC(C)C(=O)NC1CCc2ccccc2N(Cc2cncc3ccccc23)C1=O.Cl. The monoisotopic (exact) mass is 438 g/mol. The van der Waals surface area contributed by atoms with Gasteiger partial charge in [-0.05, 0) is 49.4 Å². The molecule has 2 aromatic carbocycles. The summed E-state index contributed by atoms with van der Waals surface area (Å²) in [5, 5.41) is 7.98. The molecule has 31 heavy (non-hydrogen) atoms. The number of rotatable bonds is 5. The molecule has 0 spiro atoms. The molecular formula is C24H27ClN4O2. The first-order chi connectivity index (χ1) is 14.6. The van der Waals surface area contributed by atoms with Gasteiger partial charge >= 0.3 is 0 Å². The maximum atomic E-state index is 13.6. The first-order valence-electron chi connectivity index (χ1n) is 10.3. The normalized spacial score (nSPS) is 16.8. The van der Waals surface area contributed by atoms with Gasteiger partial charge in [-0.1, -0.05) is 42.5 Å². The fraction of sp³-hybridized carbons (Fsp3) is 0.292. The van der Waals surface area contributed by atoms with Gasteiger partial charge in [-0.3, -0.25) is 14.6 Å². The van der Waals surface area contributed by atoms with E-state index in [4.69, 9.17) is 0 Å². The minimum absolute atomic E-state index is 0. The van der Waals surface area contributed by atoms with E-state index in [0.717, 1.165) is 34.0 Å². The number of anilines is 1. The Balaban J connectivity index is 0.00000272. The van der Waals surface area contributed by atoms with Crippen molar-refractivity contribution < 1.29 is 9.59 Å². The Morgan fingerprint density at radius 3 is 2.71 bits per heavy atom. The molecule has 7 heteroatoms. The molecule has 2 N–H and O–H groups in total. The summed E-state index contributed by atoms with van der Waals surface area (Å²) in [6, 6.07) is 15.1. The van der Waals surface area contributed by atoms with Crippen molar-refractivity contribution in [1.29, 1.82) is 0 Å². The predicted octanol–water partition coefficient (Wildman–Crippen LogP) is 3.23. The zero-order valence-electron chi connectivity index (χ0n) is 17.7. The summed E-state index contributed by atoms with van der Waals surface area (Å²) >= 11 is 0. The standard InChI is InChI=1S/C24H26N4O2.ClH/c1-16(25-2)23(29)27-21-12-11-17-7-4-6-10-22(17)28(24(21)30)15-19-14-26-13-18-8-3-5-9-20(18)19;/h3-10,13-14,16,21,25H,11-12,15H2,1-2H3,(H,27,29);1H. The third-order valence-electron chi connectivity index (χ3n) is 5.77. The molecular weight excluding hydrogens is 412 g/mol. The van der Waals surface area contributed by atoms with Gasteiger partial charge in [-0.25, -0.2) is 0 Å². The van der Waals surface area contributed by atoms with E-state index >= 15 is 0 Å². The number of nitrogens with one attached hydrogen (secondary N) is 2. The smallest absolute Gasteiger partial charge is 0.249 e. The molecule has 2 amide bonds. The molecule has 0 bridgehead atoms. The summed E-state index contributed by atoms with van der Waals surface area (Å²) < 4.78 is 0. The molecule has 6 nitrogen and oxygen atoms in total. The maximum Gasteiger partial charge on any atom is 0.249 e. The van der Waals surface area contributed by atoms with E-state index in [1.165, 1.54) is 0 Å². The first-order valence-corrected chi connectivity index (χ1v) is 10.3. The molecule has 2 atom stereocenters. The Morgan fingerprint density at radius 2 is 1.90 bits per heavy atom. The lowest BCUT2D eigenvalue weighted by molar-refractivity contribution is -0.128. The van der Waals surface area contributed by atoms with Gasteiger partial charge in [0.2, 0.25) is 11.8 Å². The Hall–Kier alpha value is -2.96. The number of nitrogens with zero attached hydrogens (tertiary/aromatic N) is 2. The maximum absolute atomic E-state index is 13.6. The number of benzene rings is 2. The number of carbonyl (C=O) groups excluding carboxylic acids is 2. The molecule has 162 valence electrons. The molecule has 0 fully saturated rings. The van der Waals surface area contributed by atoms with Crippen LogP contribution in [0.5, 0.6) is 0 Å². The molecule has 3 aromatic rings. The summed E-state index contributed by atoms with van der Waals surface area (Å²) in [5.74, 6) is -0.266. The van der Waals surface area contributed by atoms with Gasteiger partial charge in [0.1, 0.15) is 6.04 Å². The highest BCUT2D eigenvalue weighted by atomic mass is 35.5. The molecule has 2 unspecified atom stereocenters. The van der Waals surface area contributed by atoms with E-state index in [1.54, 1.807) is 18.9 Å². The molecule has 0 saturated heterocycles.